The van der Waals surface area contributed by atoms with Gasteiger partial charge in [0.2, 0.25) is 5.91 Å². The van der Waals surface area contributed by atoms with Crippen LogP contribution in [0, 0.1) is 0 Å². The van der Waals surface area contributed by atoms with Gasteiger partial charge in [-0.1, -0.05) is 30.3 Å². The fourth-order valence-electron chi connectivity index (χ4n) is 1.91. The van der Waals surface area contributed by atoms with Gasteiger partial charge in [0, 0.05) is 6.54 Å². The van der Waals surface area contributed by atoms with Gasteiger partial charge in [0.05, 0.1) is 25.8 Å². The van der Waals surface area contributed by atoms with E-state index in [1.165, 1.54) is 0 Å². The summed E-state index contributed by atoms with van der Waals surface area (Å²) in [6.07, 6.45) is 0. The first-order chi connectivity index (χ1) is 9.55. The van der Waals surface area contributed by atoms with Gasteiger partial charge in [-0.15, -0.1) is 0 Å². The van der Waals surface area contributed by atoms with Crippen molar-refractivity contribution in [3.05, 3.63) is 35.9 Å². The Bertz CT molecular complexity index is 424. The summed E-state index contributed by atoms with van der Waals surface area (Å²) in [5.41, 5.74) is 1.09. The maximum atomic E-state index is 11.7. The third kappa shape index (κ3) is 4.92. The van der Waals surface area contributed by atoms with Crippen LogP contribution in [0.25, 0.3) is 0 Å². The molecule has 1 aliphatic rings. The number of carbonyl (C=O) groups excluding carboxylic acids is 1. The molecule has 110 valence electrons. The highest BCUT2D eigenvalue weighted by atomic mass is 16.7. The number of hydrogen-bond donors (Lipinski definition) is 2. The summed E-state index contributed by atoms with van der Waals surface area (Å²) >= 11 is 0. The summed E-state index contributed by atoms with van der Waals surface area (Å²) in [6, 6.07) is 9.90. The maximum absolute atomic E-state index is 11.7. The van der Waals surface area contributed by atoms with Crippen molar-refractivity contribution in [2.45, 2.75) is 32.2 Å². The van der Waals surface area contributed by atoms with E-state index in [9.17, 15) is 4.79 Å². The van der Waals surface area contributed by atoms with Gasteiger partial charge in [0.15, 0.2) is 5.79 Å². The molecule has 1 saturated heterocycles. The highest BCUT2D eigenvalue weighted by Crippen LogP contribution is 2.16. The van der Waals surface area contributed by atoms with Crippen LogP contribution in [-0.4, -0.2) is 37.5 Å². The molecule has 2 rings (SSSR count). The third-order valence-electron chi connectivity index (χ3n) is 3.15. The molecule has 1 heterocycles. The Morgan fingerprint density at radius 3 is 2.55 bits per heavy atom. The lowest BCUT2D eigenvalue weighted by Crippen LogP contribution is -2.50. The van der Waals surface area contributed by atoms with E-state index in [1.54, 1.807) is 0 Å². The molecule has 0 atom stereocenters. The van der Waals surface area contributed by atoms with Crippen molar-refractivity contribution >= 4 is 5.91 Å². The molecule has 0 aliphatic carbocycles. The van der Waals surface area contributed by atoms with E-state index in [-0.39, 0.29) is 18.5 Å². The van der Waals surface area contributed by atoms with E-state index in [2.05, 4.69) is 10.6 Å². The molecule has 1 amide bonds. The molecule has 0 unspecified atom stereocenters. The minimum Gasteiger partial charge on any atom is -0.351 e. The molecule has 0 saturated carbocycles. The number of ether oxygens (including phenoxy) is 2. The Morgan fingerprint density at radius 1 is 1.25 bits per heavy atom. The molecule has 1 fully saturated rings. The predicted molar refractivity (Wildman–Crippen MR) is 76.1 cm³/mol. The first kappa shape index (κ1) is 15.0. The standard InChI is InChI=1S/C15H22N2O3/c1-15(2)19-10-13(11-20-15)16-9-14(18)17-8-12-6-4-3-5-7-12/h3-7,13,16H,8-11H2,1-2H3,(H,17,18). The van der Waals surface area contributed by atoms with E-state index in [0.29, 0.717) is 19.8 Å². The highest BCUT2D eigenvalue weighted by Gasteiger charge is 2.28. The van der Waals surface area contributed by atoms with E-state index in [4.69, 9.17) is 9.47 Å². The van der Waals surface area contributed by atoms with Gasteiger partial charge in [-0.2, -0.15) is 0 Å². The second-order valence-electron chi connectivity index (χ2n) is 5.36. The molecule has 1 aromatic carbocycles. The Kier molecular flexibility index (Phi) is 5.11. The highest BCUT2D eigenvalue weighted by molar-refractivity contribution is 5.78. The summed E-state index contributed by atoms with van der Waals surface area (Å²) < 4.78 is 11.0. The molecule has 1 aliphatic heterocycles. The molecular formula is C15H22N2O3. The van der Waals surface area contributed by atoms with Crippen LogP contribution < -0.4 is 10.6 Å². The Balaban J connectivity index is 1.63. The van der Waals surface area contributed by atoms with E-state index in [1.807, 2.05) is 44.2 Å². The van der Waals surface area contributed by atoms with Crippen molar-refractivity contribution in [2.75, 3.05) is 19.8 Å². The molecule has 5 nitrogen and oxygen atoms in total. The lowest BCUT2D eigenvalue weighted by Gasteiger charge is -2.35. The molecule has 0 spiro atoms. The van der Waals surface area contributed by atoms with E-state index < -0.39 is 5.79 Å². The summed E-state index contributed by atoms with van der Waals surface area (Å²) in [4.78, 5) is 11.7. The molecule has 1 aromatic rings. The quantitative estimate of drug-likeness (QED) is 0.845. The maximum Gasteiger partial charge on any atom is 0.234 e. The smallest absolute Gasteiger partial charge is 0.234 e. The Morgan fingerprint density at radius 2 is 1.90 bits per heavy atom. The zero-order chi connectivity index (χ0) is 14.4. The largest absolute Gasteiger partial charge is 0.351 e. The first-order valence-corrected chi connectivity index (χ1v) is 6.87. The van der Waals surface area contributed by atoms with Gasteiger partial charge in [-0.05, 0) is 19.4 Å². The minimum absolute atomic E-state index is 0.0290. The molecule has 5 heteroatoms. The average molecular weight is 278 g/mol. The summed E-state index contributed by atoms with van der Waals surface area (Å²) in [5.74, 6) is -0.549. The topological polar surface area (TPSA) is 59.6 Å². The van der Waals surface area contributed by atoms with Crippen molar-refractivity contribution in [3.63, 3.8) is 0 Å². The van der Waals surface area contributed by atoms with Crippen molar-refractivity contribution in [1.29, 1.82) is 0 Å². The molecule has 2 N–H and O–H groups in total. The van der Waals surface area contributed by atoms with Crippen LogP contribution >= 0.6 is 0 Å². The fraction of sp³-hybridized carbons (Fsp3) is 0.533. The third-order valence-corrected chi connectivity index (χ3v) is 3.15. The van der Waals surface area contributed by atoms with Crippen molar-refractivity contribution in [3.8, 4) is 0 Å². The van der Waals surface area contributed by atoms with Gasteiger partial charge in [-0.25, -0.2) is 0 Å². The molecule has 0 aromatic heterocycles. The van der Waals surface area contributed by atoms with E-state index >= 15 is 0 Å². The zero-order valence-electron chi connectivity index (χ0n) is 12.0. The van der Waals surface area contributed by atoms with Crippen molar-refractivity contribution in [1.82, 2.24) is 10.6 Å². The molecule has 0 radical (unpaired) electrons. The normalized spacial score (nSPS) is 18.7. The average Bonchev–Trinajstić information content (AvgIpc) is 2.45. The Hall–Kier alpha value is -1.43. The van der Waals surface area contributed by atoms with Crippen LogP contribution in [0.4, 0.5) is 0 Å². The fourth-order valence-corrected chi connectivity index (χ4v) is 1.91. The number of carbonyl (C=O) groups is 1. The second kappa shape index (κ2) is 6.83. The van der Waals surface area contributed by atoms with Crippen LogP contribution in [0.5, 0.6) is 0 Å². The lowest BCUT2D eigenvalue weighted by atomic mass is 10.2. The summed E-state index contributed by atoms with van der Waals surface area (Å²) in [6.45, 7) is 5.69. The number of hydrogen-bond acceptors (Lipinski definition) is 4. The van der Waals surface area contributed by atoms with Crippen LogP contribution in [0.1, 0.15) is 19.4 Å². The van der Waals surface area contributed by atoms with Gasteiger partial charge >= 0.3 is 0 Å². The minimum atomic E-state index is -0.520. The monoisotopic (exact) mass is 278 g/mol. The second-order valence-corrected chi connectivity index (χ2v) is 5.36. The van der Waals surface area contributed by atoms with Crippen molar-refractivity contribution in [2.24, 2.45) is 0 Å². The zero-order valence-corrected chi connectivity index (χ0v) is 12.0. The lowest BCUT2D eigenvalue weighted by molar-refractivity contribution is -0.252. The van der Waals surface area contributed by atoms with Gasteiger partial charge in [-0.3, -0.25) is 4.79 Å². The van der Waals surface area contributed by atoms with Gasteiger partial charge in [0.25, 0.3) is 0 Å². The van der Waals surface area contributed by atoms with Crippen LogP contribution in [0.3, 0.4) is 0 Å². The molecular weight excluding hydrogens is 256 g/mol. The van der Waals surface area contributed by atoms with Gasteiger partial charge < -0.3 is 20.1 Å². The number of benzene rings is 1. The SMILES string of the molecule is CC1(C)OCC(NCC(=O)NCc2ccccc2)CO1. The van der Waals surface area contributed by atoms with Crippen molar-refractivity contribution < 1.29 is 14.3 Å². The first-order valence-electron chi connectivity index (χ1n) is 6.87. The van der Waals surface area contributed by atoms with Gasteiger partial charge in [0.1, 0.15) is 0 Å². The summed E-state index contributed by atoms with van der Waals surface area (Å²) in [7, 11) is 0. The van der Waals surface area contributed by atoms with Crippen LogP contribution in [0.2, 0.25) is 0 Å². The summed E-state index contributed by atoms with van der Waals surface area (Å²) in [5, 5.41) is 6.01. The van der Waals surface area contributed by atoms with E-state index in [0.717, 1.165) is 5.56 Å². The molecule has 20 heavy (non-hydrogen) atoms. The number of rotatable bonds is 5. The predicted octanol–water partition coefficient (Wildman–Crippen LogP) is 1.04. The number of nitrogens with one attached hydrogen (secondary N) is 2. The van der Waals surface area contributed by atoms with Crippen LogP contribution in [0.15, 0.2) is 30.3 Å². The van der Waals surface area contributed by atoms with Crippen LogP contribution in [-0.2, 0) is 20.8 Å². The molecule has 0 bridgehead atoms. The Labute approximate surface area is 119 Å². The number of amides is 1.